The van der Waals surface area contributed by atoms with E-state index in [-0.39, 0.29) is 0 Å². The predicted molar refractivity (Wildman–Crippen MR) is 78.1 cm³/mol. The Hall–Kier alpha value is -1.13. The number of nitrogens with one attached hydrogen (secondary N) is 2. The van der Waals surface area contributed by atoms with E-state index < -0.39 is 0 Å². The minimum absolute atomic E-state index is 0.542. The second-order valence-electron chi connectivity index (χ2n) is 4.98. The van der Waals surface area contributed by atoms with Gasteiger partial charge in [0.2, 0.25) is 0 Å². The SMILES string of the molecule is CNCC(c1sc(-c2cc[nH]c2)nc1C)C(C)C. The molecule has 0 aromatic carbocycles. The fraction of sp³-hybridized carbons (Fsp3) is 0.500. The summed E-state index contributed by atoms with van der Waals surface area (Å²) in [7, 11) is 2.01. The van der Waals surface area contributed by atoms with Crippen molar-refractivity contribution in [1.29, 1.82) is 0 Å². The fourth-order valence-corrected chi connectivity index (χ4v) is 3.52. The van der Waals surface area contributed by atoms with Crippen molar-refractivity contribution in [2.45, 2.75) is 26.7 Å². The Kier molecular flexibility index (Phi) is 4.19. The van der Waals surface area contributed by atoms with Crippen LogP contribution in [0.3, 0.4) is 0 Å². The van der Waals surface area contributed by atoms with Gasteiger partial charge >= 0.3 is 0 Å². The maximum atomic E-state index is 4.71. The van der Waals surface area contributed by atoms with Crippen molar-refractivity contribution in [3.05, 3.63) is 29.0 Å². The number of nitrogens with zero attached hydrogens (tertiary/aromatic N) is 1. The van der Waals surface area contributed by atoms with E-state index in [9.17, 15) is 0 Å². The smallest absolute Gasteiger partial charge is 0.125 e. The highest BCUT2D eigenvalue weighted by Crippen LogP contribution is 2.35. The number of aromatic nitrogens is 2. The summed E-state index contributed by atoms with van der Waals surface area (Å²) in [5.41, 5.74) is 2.35. The lowest BCUT2D eigenvalue weighted by Gasteiger charge is -2.19. The molecule has 2 rings (SSSR count). The van der Waals surface area contributed by atoms with Crippen molar-refractivity contribution >= 4 is 11.3 Å². The zero-order valence-electron chi connectivity index (χ0n) is 11.4. The molecule has 0 saturated heterocycles. The third kappa shape index (κ3) is 2.65. The van der Waals surface area contributed by atoms with Crippen LogP contribution in [0.5, 0.6) is 0 Å². The van der Waals surface area contributed by atoms with Crippen LogP contribution in [0.4, 0.5) is 0 Å². The zero-order valence-corrected chi connectivity index (χ0v) is 12.3. The Bertz CT molecular complexity index is 485. The van der Waals surface area contributed by atoms with Gasteiger partial charge in [0, 0.05) is 35.3 Å². The zero-order chi connectivity index (χ0) is 13.1. The molecule has 0 spiro atoms. The molecule has 3 nitrogen and oxygen atoms in total. The highest BCUT2D eigenvalue weighted by Gasteiger charge is 2.21. The molecule has 2 N–H and O–H groups in total. The molecule has 2 aromatic rings. The van der Waals surface area contributed by atoms with E-state index in [4.69, 9.17) is 4.98 Å². The number of H-pyrrole nitrogens is 1. The van der Waals surface area contributed by atoms with Crippen LogP contribution in [0.2, 0.25) is 0 Å². The van der Waals surface area contributed by atoms with Gasteiger partial charge in [-0.15, -0.1) is 11.3 Å². The molecule has 0 fully saturated rings. The number of thiazole rings is 1. The minimum atomic E-state index is 0.542. The summed E-state index contributed by atoms with van der Waals surface area (Å²) < 4.78 is 0. The second kappa shape index (κ2) is 5.67. The monoisotopic (exact) mass is 263 g/mol. The lowest BCUT2D eigenvalue weighted by atomic mass is 9.93. The first-order chi connectivity index (χ1) is 8.63. The third-order valence-electron chi connectivity index (χ3n) is 3.24. The Morgan fingerprint density at radius 1 is 1.44 bits per heavy atom. The van der Waals surface area contributed by atoms with Gasteiger partial charge in [-0.05, 0) is 26.0 Å². The maximum Gasteiger partial charge on any atom is 0.125 e. The Labute approximate surface area is 113 Å². The van der Waals surface area contributed by atoms with E-state index >= 15 is 0 Å². The van der Waals surface area contributed by atoms with Crippen molar-refractivity contribution in [2.75, 3.05) is 13.6 Å². The van der Waals surface area contributed by atoms with Crippen LogP contribution >= 0.6 is 11.3 Å². The molecule has 0 aliphatic rings. The van der Waals surface area contributed by atoms with E-state index in [1.54, 1.807) is 0 Å². The van der Waals surface area contributed by atoms with Gasteiger partial charge in [0.05, 0.1) is 5.69 Å². The summed E-state index contributed by atoms with van der Waals surface area (Å²) in [5.74, 6) is 1.16. The average Bonchev–Trinajstić information content (AvgIpc) is 2.94. The number of aromatic amines is 1. The molecule has 4 heteroatoms. The number of rotatable bonds is 5. The predicted octanol–water partition coefficient (Wildman–Crippen LogP) is 3.41. The van der Waals surface area contributed by atoms with E-state index in [1.807, 2.05) is 30.8 Å². The molecule has 1 unspecified atom stereocenters. The highest BCUT2D eigenvalue weighted by atomic mass is 32.1. The first-order valence-electron chi connectivity index (χ1n) is 6.38. The van der Waals surface area contributed by atoms with Gasteiger partial charge in [0.1, 0.15) is 5.01 Å². The normalized spacial score (nSPS) is 13.2. The fourth-order valence-electron chi connectivity index (χ4n) is 2.18. The molecule has 0 saturated carbocycles. The molecule has 18 heavy (non-hydrogen) atoms. The highest BCUT2D eigenvalue weighted by molar-refractivity contribution is 7.15. The van der Waals surface area contributed by atoms with Crippen molar-refractivity contribution < 1.29 is 0 Å². The summed E-state index contributed by atoms with van der Waals surface area (Å²) in [6, 6.07) is 2.07. The van der Waals surface area contributed by atoms with Crippen LogP contribution in [-0.4, -0.2) is 23.6 Å². The van der Waals surface area contributed by atoms with Crippen molar-refractivity contribution in [3.8, 4) is 10.6 Å². The Morgan fingerprint density at radius 3 is 2.78 bits per heavy atom. The second-order valence-corrected chi connectivity index (χ2v) is 6.01. The standard InChI is InChI=1S/C14H21N3S/c1-9(2)12(8-15-4)13-10(3)17-14(18-13)11-5-6-16-7-11/h5-7,9,12,15-16H,8H2,1-4H3. The number of aryl methyl sites for hydroxylation is 1. The largest absolute Gasteiger partial charge is 0.367 e. The summed E-state index contributed by atoms with van der Waals surface area (Å²) in [6.45, 7) is 7.68. The maximum absolute atomic E-state index is 4.71. The van der Waals surface area contributed by atoms with Gasteiger partial charge in [-0.2, -0.15) is 0 Å². The van der Waals surface area contributed by atoms with Gasteiger partial charge < -0.3 is 10.3 Å². The van der Waals surface area contributed by atoms with E-state index in [2.05, 4.69) is 37.1 Å². The molecule has 0 aliphatic heterocycles. The molecule has 2 heterocycles. The number of hydrogen-bond acceptors (Lipinski definition) is 3. The summed E-state index contributed by atoms with van der Waals surface area (Å²) >= 11 is 1.82. The molecular weight excluding hydrogens is 242 g/mol. The molecule has 0 aliphatic carbocycles. The van der Waals surface area contributed by atoms with Crippen molar-refractivity contribution in [1.82, 2.24) is 15.3 Å². The minimum Gasteiger partial charge on any atom is -0.367 e. The van der Waals surface area contributed by atoms with E-state index in [0.717, 1.165) is 11.6 Å². The van der Waals surface area contributed by atoms with Gasteiger partial charge in [0.25, 0.3) is 0 Å². The Morgan fingerprint density at radius 2 is 2.22 bits per heavy atom. The van der Waals surface area contributed by atoms with Crippen LogP contribution in [0.1, 0.15) is 30.3 Å². The molecule has 1 atom stereocenters. The van der Waals surface area contributed by atoms with Crippen molar-refractivity contribution in [2.24, 2.45) is 5.92 Å². The van der Waals surface area contributed by atoms with Crippen LogP contribution in [0.15, 0.2) is 18.5 Å². The molecule has 98 valence electrons. The van der Waals surface area contributed by atoms with Crippen LogP contribution in [0, 0.1) is 12.8 Å². The number of hydrogen-bond donors (Lipinski definition) is 2. The average molecular weight is 263 g/mol. The first kappa shape index (κ1) is 13.3. The van der Waals surface area contributed by atoms with E-state index in [0.29, 0.717) is 11.8 Å². The molecule has 0 amide bonds. The topological polar surface area (TPSA) is 40.7 Å². The third-order valence-corrected chi connectivity index (χ3v) is 4.58. The van der Waals surface area contributed by atoms with Crippen LogP contribution in [0.25, 0.3) is 10.6 Å². The lowest BCUT2D eigenvalue weighted by molar-refractivity contribution is 0.482. The summed E-state index contributed by atoms with van der Waals surface area (Å²) in [6.07, 6.45) is 3.95. The molecule has 2 aromatic heterocycles. The van der Waals surface area contributed by atoms with Gasteiger partial charge in [-0.3, -0.25) is 0 Å². The summed E-state index contributed by atoms with van der Waals surface area (Å²) in [5, 5.41) is 4.41. The van der Waals surface area contributed by atoms with Crippen molar-refractivity contribution in [3.63, 3.8) is 0 Å². The van der Waals surface area contributed by atoms with Gasteiger partial charge in [-0.1, -0.05) is 13.8 Å². The van der Waals surface area contributed by atoms with Gasteiger partial charge in [-0.25, -0.2) is 4.98 Å². The van der Waals surface area contributed by atoms with E-state index in [1.165, 1.54) is 16.1 Å². The van der Waals surface area contributed by atoms with Crippen LogP contribution in [-0.2, 0) is 0 Å². The quantitative estimate of drug-likeness (QED) is 0.868. The Balaban J connectivity index is 2.33. The molecule has 0 bridgehead atoms. The van der Waals surface area contributed by atoms with Crippen LogP contribution < -0.4 is 5.32 Å². The lowest BCUT2D eigenvalue weighted by Crippen LogP contribution is -2.21. The number of likely N-dealkylation sites (N-methyl/N-ethyl adjacent to an activating group) is 1. The first-order valence-corrected chi connectivity index (χ1v) is 7.20. The summed E-state index contributed by atoms with van der Waals surface area (Å²) in [4.78, 5) is 9.21. The molecular formula is C14H21N3S. The van der Waals surface area contributed by atoms with Gasteiger partial charge in [0.15, 0.2) is 0 Å². The molecule has 0 radical (unpaired) electrons.